The molecule has 1 saturated heterocycles. The number of benzene rings is 1. The van der Waals surface area contributed by atoms with Crippen molar-refractivity contribution < 1.29 is 14.3 Å². The monoisotopic (exact) mass is 297 g/mol. The van der Waals surface area contributed by atoms with Crippen molar-refractivity contribution in [3.63, 3.8) is 0 Å². The third-order valence-corrected chi connectivity index (χ3v) is 3.80. The Hall–Kier alpha value is -1.26. The SMILES string of the molecule is CCC(Oc1ccc(Cl)c(C)c1)C(=O)N1CCOCC1. The molecule has 0 aromatic heterocycles. The molecule has 1 heterocycles. The Balaban J connectivity index is 2.03. The lowest BCUT2D eigenvalue weighted by molar-refractivity contribution is -0.142. The van der Waals surface area contributed by atoms with E-state index in [0.29, 0.717) is 43.5 Å². The Morgan fingerprint density at radius 1 is 1.45 bits per heavy atom. The van der Waals surface area contributed by atoms with E-state index < -0.39 is 6.10 Å². The van der Waals surface area contributed by atoms with Crippen LogP contribution in [0, 0.1) is 6.92 Å². The largest absolute Gasteiger partial charge is 0.481 e. The molecule has 1 aliphatic heterocycles. The summed E-state index contributed by atoms with van der Waals surface area (Å²) in [5, 5.41) is 0.699. The molecule has 0 N–H and O–H groups in total. The van der Waals surface area contributed by atoms with Crippen LogP contribution in [0.15, 0.2) is 18.2 Å². The van der Waals surface area contributed by atoms with Gasteiger partial charge in [-0.1, -0.05) is 18.5 Å². The van der Waals surface area contributed by atoms with Gasteiger partial charge in [0.05, 0.1) is 13.2 Å². The number of rotatable bonds is 4. The lowest BCUT2D eigenvalue weighted by atomic mass is 10.2. The second-order valence-corrected chi connectivity index (χ2v) is 5.27. The van der Waals surface area contributed by atoms with Gasteiger partial charge in [-0.3, -0.25) is 4.79 Å². The van der Waals surface area contributed by atoms with Gasteiger partial charge in [-0.05, 0) is 37.1 Å². The van der Waals surface area contributed by atoms with Crippen molar-refractivity contribution in [3.8, 4) is 5.75 Å². The van der Waals surface area contributed by atoms with Gasteiger partial charge in [-0.25, -0.2) is 0 Å². The maximum Gasteiger partial charge on any atom is 0.263 e. The van der Waals surface area contributed by atoms with Gasteiger partial charge in [-0.2, -0.15) is 0 Å². The van der Waals surface area contributed by atoms with E-state index in [2.05, 4.69) is 0 Å². The number of amides is 1. The van der Waals surface area contributed by atoms with Crippen LogP contribution < -0.4 is 4.74 Å². The van der Waals surface area contributed by atoms with Crippen LogP contribution in [0.25, 0.3) is 0 Å². The molecule has 0 spiro atoms. The van der Waals surface area contributed by atoms with E-state index >= 15 is 0 Å². The van der Waals surface area contributed by atoms with Gasteiger partial charge in [0.1, 0.15) is 5.75 Å². The summed E-state index contributed by atoms with van der Waals surface area (Å²) in [5.41, 5.74) is 0.942. The van der Waals surface area contributed by atoms with Crippen molar-refractivity contribution in [3.05, 3.63) is 28.8 Å². The van der Waals surface area contributed by atoms with Crippen LogP contribution >= 0.6 is 11.6 Å². The Morgan fingerprint density at radius 3 is 2.75 bits per heavy atom. The average molecular weight is 298 g/mol. The number of carbonyl (C=O) groups is 1. The van der Waals surface area contributed by atoms with Gasteiger partial charge >= 0.3 is 0 Å². The van der Waals surface area contributed by atoms with Crippen molar-refractivity contribution in [2.45, 2.75) is 26.4 Å². The quantitative estimate of drug-likeness (QED) is 0.857. The van der Waals surface area contributed by atoms with Crippen molar-refractivity contribution >= 4 is 17.5 Å². The second-order valence-electron chi connectivity index (χ2n) is 4.86. The summed E-state index contributed by atoms with van der Waals surface area (Å²) >= 11 is 5.99. The predicted octanol–water partition coefficient (Wildman–Crippen LogP) is 2.66. The lowest BCUT2D eigenvalue weighted by Crippen LogP contribution is -2.47. The first-order valence-corrected chi connectivity index (χ1v) is 7.29. The van der Waals surface area contributed by atoms with Crippen molar-refractivity contribution in [2.24, 2.45) is 0 Å². The third-order valence-electron chi connectivity index (χ3n) is 3.38. The molecule has 0 radical (unpaired) electrons. The van der Waals surface area contributed by atoms with E-state index in [-0.39, 0.29) is 5.91 Å². The molecule has 4 nitrogen and oxygen atoms in total. The fourth-order valence-electron chi connectivity index (χ4n) is 2.15. The van der Waals surface area contributed by atoms with Crippen LogP contribution in [0.3, 0.4) is 0 Å². The number of nitrogens with zero attached hydrogens (tertiary/aromatic N) is 1. The van der Waals surface area contributed by atoms with Gasteiger partial charge < -0.3 is 14.4 Å². The molecule has 110 valence electrons. The van der Waals surface area contributed by atoms with Crippen LogP contribution in [-0.2, 0) is 9.53 Å². The van der Waals surface area contributed by atoms with E-state index in [4.69, 9.17) is 21.1 Å². The highest BCUT2D eigenvalue weighted by atomic mass is 35.5. The highest BCUT2D eigenvalue weighted by Crippen LogP contribution is 2.22. The Bertz CT molecular complexity index is 472. The smallest absolute Gasteiger partial charge is 0.263 e. The van der Waals surface area contributed by atoms with E-state index in [0.717, 1.165) is 5.56 Å². The molecule has 0 saturated carbocycles. The third kappa shape index (κ3) is 3.64. The van der Waals surface area contributed by atoms with Crippen LogP contribution in [0.2, 0.25) is 5.02 Å². The normalized spacial score (nSPS) is 16.9. The molecule has 1 atom stereocenters. The lowest BCUT2D eigenvalue weighted by Gasteiger charge is -2.30. The second kappa shape index (κ2) is 6.95. The van der Waals surface area contributed by atoms with Gasteiger partial charge in [0, 0.05) is 18.1 Å². The van der Waals surface area contributed by atoms with Crippen molar-refractivity contribution in [1.82, 2.24) is 4.90 Å². The summed E-state index contributed by atoms with van der Waals surface area (Å²) in [5.74, 6) is 0.712. The van der Waals surface area contributed by atoms with Crippen LogP contribution in [0.1, 0.15) is 18.9 Å². The molecule has 0 bridgehead atoms. The van der Waals surface area contributed by atoms with E-state index in [9.17, 15) is 4.79 Å². The van der Waals surface area contributed by atoms with E-state index in [1.807, 2.05) is 19.9 Å². The number of morpholine rings is 1. The zero-order chi connectivity index (χ0) is 14.5. The fourth-order valence-corrected chi connectivity index (χ4v) is 2.27. The maximum absolute atomic E-state index is 12.4. The Kier molecular flexibility index (Phi) is 5.26. The summed E-state index contributed by atoms with van der Waals surface area (Å²) < 4.78 is 11.1. The molecule has 2 rings (SSSR count). The molecule has 1 aromatic rings. The number of halogens is 1. The molecular formula is C15H20ClNO3. The Labute approximate surface area is 124 Å². The summed E-state index contributed by atoms with van der Waals surface area (Å²) in [6.45, 7) is 6.34. The summed E-state index contributed by atoms with van der Waals surface area (Å²) in [4.78, 5) is 14.2. The molecule has 0 aliphatic carbocycles. The zero-order valence-electron chi connectivity index (χ0n) is 11.9. The fraction of sp³-hybridized carbons (Fsp3) is 0.533. The van der Waals surface area contributed by atoms with Crippen molar-refractivity contribution in [1.29, 1.82) is 0 Å². The molecule has 1 fully saturated rings. The number of ether oxygens (including phenoxy) is 2. The minimum Gasteiger partial charge on any atom is -0.481 e. The minimum absolute atomic E-state index is 0.0309. The van der Waals surface area contributed by atoms with E-state index in [1.165, 1.54) is 0 Å². The van der Waals surface area contributed by atoms with Crippen LogP contribution in [0.5, 0.6) is 5.75 Å². The first-order chi connectivity index (χ1) is 9.61. The molecular weight excluding hydrogens is 278 g/mol. The summed E-state index contributed by atoms with van der Waals surface area (Å²) in [7, 11) is 0. The zero-order valence-corrected chi connectivity index (χ0v) is 12.7. The number of aryl methyl sites for hydroxylation is 1. The number of hydrogen-bond acceptors (Lipinski definition) is 3. The number of hydrogen-bond donors (Lipinski definition) is 0. The minimum atomic E-state index is -0.450. The summed E-state index contributed by atoms with van der Waals surface area (Å²) in [6, 6.07) is 5.44. The highest BCUT2D eigenvalue weighted by molar-refractivity contribution is 6.31. The highest BCUT2D eigenvalue weighted by Gasteiger charge is 2.26. The van der Waals surface area contributed by atoms with Gasteiger partial charge in [0.15, 0.2) is 6.10 Å². The molecule has 5 heteroatoms. The average Bonchev–Trinajstić information content (AvgIpc) is 2.48. The van der Waals surface area contributed by atoms with Gasteiger partial charge in [0.2, 0.25) is 0 Å². The molecule has 1 unspecified atom stereocenters. The molecule has 1 amide bonds. The van der Waals surface area contributed by atoms with Gasteiger partial charge in [-0.15, -0.1) is 0 Å². The van der Waals surface area contributed by atoms with E-state index in [1.54, 1.807) is 17.0 Å². The molecule has 1 aliphatic rings. The molecule has 1 aromatic carbocycles. The number of carbonyl (C=O) groups excluding carboxylic acids is 1. The van der Waals surface area contributed by atoms with Crippen molar-refractivity contribution in [2.75, 3.05) is 26.3 Å². The van der Waals surface area contributed by atoms with Crippen LogP contribution in [0.4, 0.5) is 0 Å². The van der Waals surface area contributed by atoms with Crippen LogP contribution in [-0.4, -0.2) is 43.2 Å². The maximum atomic E-state index is 12.4. The predicted molar refractivity (Wildman–Crippen MR) is 78.3 cm³/mol. The summed E-state index contributed by atoms with van der Waals surface area (Å²) in [6.07, 6.45) is 0.186. The Morgan fingerprint density at radius 2 is 2.15 bits per heavy atom. The molecule has 20 heavy (non-hydrogen) atoms. The first-order valence-electron chi connectivity index (χ1n) is 6.91. The topological polar surface area (TPSA) is 38.8 Å². The van der Waals surface area contributed by atoms with Gasteiger partial charge in [0.25, 0.3) is 5.91 Å². The standard InChI is InChI=1S/C15H20ClNO3/c1-3-14(15(18)17-6-8-19-9-7-17)20-12-4-5-13(16)11(2)10-12/h4-5,10,14H,3,6-9H2,1-2H3. The first kappa shape index (κ1) is 15.1.